The summed E-state index contributed by atoms with van der Waals surface area (Å²) < 4.78 is 10.0. The fourth-order valence-corrected chi connectivity index (χ4v) is 2.67. The highest BCUT2D eigenvalue weighted by atomic mass is 16.6. The van der Waals surface area contributed by atoms with E-state index in [9.17, 15) is 9.59 Å². The third kappa shape index (κ3) is 5.78. The average Bonchev–Trinajstić information content (AvgIpc) is 2.92. The highest BCUT2D eigenvalue weighted by Gasteiger charge is 2.44. The molecule has 1 aliphatic carbocycles. The number of amides is 1. The van der Waals surface area contributed by atoms with Crippen LogP contribution in [0.5, 0.6) is 0 Å². The molecular formula is C16H27NO4. The van der Waals surface area contributed by atoms with E-state index >= 15 is 0 Å². The number of rotatable bonds is 9. The van der Waals surface area contributed by atoms with Gasteiger partial charge in [0.25, 0.3) is 0 Å². The van der Waals surface area contributed by atoms with E-state index in [1.165, 1.54) is 19.3 Å². The van der Waals surface area contributed by atoms with Gasteiger partial charge in [0.2, 0.25) is 0 Å². The molecule has 21 heavy (non-hydrogen) atoms. The summed E-state index contributed by atoms with van der Waals surface area (Å²) in [5, 5.41) is 2.65. The lowest BCUT2D eigenvalue weighted by molar-refractivity contribution is -0.151. The van der Waals surface area contributed by atoms with Crippen molar-refractivity contribution in [1.29, 1.82) is 0 Å². The molecule has 0 radical (unpaired) electrons. The van der Waals surface area contributed by atoms with Crippen molar-refractivity contribution in [2.45, 2.75) is 70.3 Å². The number of carbonyl (C=O) groups is 2. The van der Waals surface area contributed by atoms with Crippen LogP contribution in [0.1, 0.15) is 64.7 Å². The predicted octanol–water partition coefficient (Wildman–Crippen LogP) is 3.68. The SMILES string of the molecule is C=COC(=O)NC1(C(=O)OCCCCCCC)CCCC1. The summed E-state index contributed by atoms with van der Waals surface area (Å²) in [6.07, 6.45) is 8.94. The number of unbranched alkanes of at least 4 members (excludes halogenated alkanes) is 4. The standard InChI is InChI=1S/C16H27NO4/c1-3-5-6-7-10-13-21-14(18)16(11-8-9-12-16)17-15(19)20-4-2/h4H,2-3,5-13H2,1H3,(H,17,19). The highest BCUT2D eigenvalue weighted by Crippen LogP contribution is 2.31. The van der Waals surface area contributed by atoms with Crippen LogP contribution in [0.15, 0.2) is 12.8 Å². The molecule has 0 aromatic carbocycles. The second-order valence-electron chi connectivity index (χ2n) is 5.54. The lowest BCUT2D eigenvalue weighted by atomic mass is 9.98. The Balaban J connectivity index is 2.39. The summed E-state index contributed by atoms with van der Waals surface area (Å²) in [6.45, 7) is 5.91. The second-order valence-corrected chi connectivity index (χ2v) is 5.54. The summed E-state index contributed by atoms with van der Waals surface area (Å²) in [5.74, 6) is -0.337. The van der Waals surface area contributed by atoms with Crippen molar-refractivity contribution in [2.24, 2.45) is 0 Å². The number of hydrogen-bond acceptors (Lipinski definition) is 4. The van der Waals surface area contributed by atoms with Crippen LogP contribution in [0, 0.1) is 0 Å². The van der Waals surface area contributed by atoms with E-state index in [1.54, 1.807) is 0 Å². The summed E-state index contributed by atoms with van der Waals surface area (Å²) in [5.41, 5.74) is -0.913. The number of hydrogen-bond donors (Lipinski definition) is 1. The van der Waals surface area contributed by atoms with Crippen LogP contribution in [0.2, 0.25) is 0 Å². The quantitative estimate of drug-likeness (QED) is 0.400. The summed E-state index contributed by atoms with van der Waals surface area (Å²) >= 11 is 0. The van der Waals surface area contributed by atoms with Crippen LogP contribution in [-0.2, 0) is 14.3 Å². The van der Waals surface area contributed by atoms with Crippen LogP contribution in [0.3, 0.4) is 0 Å². The fourth-order valence-electron chi connectivity index (χ4n) is 2.67. The van der Waals surface area contributed by atoms with Crippen molar-refractivity contribution in [2.75, 3.05) is 6.61 Å². The van der Waals surface area contributed by atoms with Gasteiger partial charge in [-0.2, -0.15) is 0 Å². The molecule has 120 valence electrons. The Labute approximate surface area is 127 Å². The highest BCUT2D eigenvalue weighted by molar-refractivity contribution is 5.86. The van der Waals surface area contributed by atoms with Gasteiger partial charge in [-0.3, -0.25) is 0 Å². The van der Waals surface area contributed by atoms with E-state index in [0.29, 0.717) is 19.4 Å². The van der Waals surface area contributed by atoms with Crippen LogP contribution >= 0.6 is 0 Å². The van der Waals surface area contributed by atoms with Crippen LogP contribution in [0.4, 0.5) is 4.79 Å². The first-order valence-corrected chi connectivity index (χ1v) is 7.91. The van der Waals surface area contributed by atoms with Gasteiger partial charge in [-0.25, -0.2) is 9.59 Å². The number of esters is 1. The zero-order valence-corrected chi connectivity index (χ0v) is 13.0. The number of nitrogens with one attached hydrogen (secondary N) is 1. The number of ether oxygens (including phenoxy) is 2. The first-order chi connectivity index (χ1) is 10.1. The van der Waals surface area contributed by atoms with E-state index in [-0.39, 0.29) is 5.97 Å². The van der Waals surface area contributed by atoms with Crippen LogP contribution in [0.25, 0.3) is 0 Å². The number of carbonyl (C=O) groups excluding carboxylic acids is 2. The van der Waals surface area contributed by atoms with E-state index < -0.39 is 11.6 Å². The minimum atomic E-state index is -0.913. The predicted molar refractivity (Wildman–Crippen MR) is 80.7 cm³/mol. The molecule has 0 atom stereocenters. The molecule has 0 aromatic rings. The molecule has 1 aliphatic rings. The molecule has 0 spiro atoms. The van der Waals surface area contributed by atoms with Gasteiger partial charge in [0.15, 0.2) is 0 Å². The van der Waals surface area contributed by atoms with Crippen LogP contribution in [-0.4, -0.2) is 24.2 Å². The zero-order chi connectivity index (χ0) is 15.6. The van der Waals surface area contributed by atoms with Crippen molar-refractivity contribution in [1.82, 2.24) is 5.32 Å². The van der Waals surface area contributed by atoms with Gasteiger partial charge in [-0.05, 0) is 19.3 Å². The fraction of sp³-hybridized carbons (Fsp3) is 0.750. The van der Waals surface area contributed by atoms with Gasteiger partial charge in [-0.1, -0.05) is 52.0 Å². The maximum atomic E-state index is 12.3. The third-order valence-corrected chi connectivity index (χ3v) is 3.86. The molecule has 1 saturated carbocycles. The molecule has 0 aromatic heterocycles. The molecule has 5 heteroatoms. The average molecular weight is 297 g/mol. The maximum Gasteiger partial charge on any atom is 0.412 e. The summed E-state index contributed by atoms with van der Waals surface area (Å²) in [4.78, 5) is 23.8. The lowest BCUT2D eigenvalue weighted by Gasteiger charge is -2.27. The van der Waals surface area contributed by atoms with Gasteiger partial charge >= 0.3 is 12.1 Å². The molecule has 1 N–H and O–H groups in total. The van der Waals surface area contributed by atoms with Crippen molar-refractivity contribution in [3.8, 4) is 0 Å². The summed E-state index contributed by atoms with van der Waals surface area (Å²) in [7, 11) is 0. The largest absolute Gasteiger partial charge is 0.464 e. The Hall–Kier alpha value is -1.52. The van der Waals surface area contributed by atoms with Gasteiger partial charge in [0.05, 0.1) is 12.9 Å². The normalized spacial score (nSPS) is 16.2. The Morgan fingerprint density at radius 3 is 2.48 bits per heavy atom. The smallest absolute Gasteiger partial charge is 0.412 e. The molecule has 0 saturated heterocycles. The van der Waals surface area contributed by atoms with Crippen molar-refractivity contribution >= 4 is 12.1 Å². The van der Waals surface area contributed by atoms with E-state index in [1.807, 2.05) is 0 Å². The van der Waals surface area contributed by atoms with Gasteiger partial charge in [0.1, 0.15) is 5.54 Å². The van der Waals surface area contributed by atoms with E-state index in [0.717, 1.165) is 31.9 Å². The van der Waals surface area contributed by atoms with Gasteiger partial charge in [0, 0.05) is 0 Å². The molecular weight excluding hydrogens is 270 g/mol. The molecule has 1 rings (SSSR count). The van der Waals surface area contributed by atoms with Crippen LogP contribution < -0.4 is 5.32 Å². The van der Waals surface area contributed by atoms with Crippen molar-refractivity contribution in [3.63, 3.8) is 0 Å². The minimum Gasteiger partial charge on any atom is -0.464 e. The molecule has 0 heterocycles. The molecule has 1 fully saturated rings. The van der Waals surface area contributed by atoms with Crippen molar-refractivity contribution < 1.29 is 19.1 Å². The topological polar surface area (TPSA) is 64.6 Å². The Kier molecular flexibility index (Phi) is 7.87. The van der Waals surface area contributed by atoms with Gasteiger partial charge in [-0.15, -0.1) is 0 Å². The van der Waals surface area contributed by atoms with Crippen molar-refractivity contribution in [3.05, 3.63) is 12.8 Å². The number of alkyl carbamates (subject to hydrolysis) is 1. The second kappa shape index (κ2) is 9.42. The maximum absolute atomic E-state index is 12.3. The first-order valence-electron chi connectivity index (χ1n) is 7.91. The molecule has 0 aliphatic heterocycles. The monoisotopic (exact) mass is 297 g/mol. The lowest BCUT2D eigenvalue weighted by Crippen LogP contribution is -2.53. The van der Waals surface area contributed by atoms with Gasteiger partial charge < -0.3 is 14.8 Å². The zero-order valence-electron chi connectivity index (χ0n) is 13.0. The molecule has 5 nitrogen and oxygen atoms in total. The molecule has 0 bridgehead atoms. The Bertz CT molecular complexity index is 348. The molecule has 1 amide bonds. The first kappa shape index (κ1) is 17.5. The van der Waals surface area contributed by atoms with E-state index in [4.69, 9.17) is 4.74 Å². The minimum absolute atomic E-state index is 0.337. The summed E-state index contributed by atoms with van der Waals surface area (Å²) in [6, 6.07) is 0. The van der Waals surface area contributed by atoms with E-state index in [2.05, 4.69) is 23.6 Å². The molecule has 0 unspecified atom stereocenters. The Morgan fingerprint density at radius 1 is 1.19 bits per heavy atom. The third-order valence-electron chi connectivity index (χ3n) is 3.86. The Morgan fingerprint density at radius 2 is 1.86 bits per heavy atom.